The Bertz CT molecular complexity index is 694. The van der Waals surface area contributed by atoms with Crippen molar-refractivity contribution in [3.05, 3.63) is 65.8 Å². The van der Waals surface area contributed by atoms with Crippen LogP contribution in [-0.4, -0.2) is 15.1 Å². The second-order valence-corrected chi connectivity index (χ2v) is 4.40. The molecule has 0 atom stereocenters. The number of rotatable bonds is 4. The zero-order chi connectivity index (χ0) is 13.8. The fourth-order valence-corrected chi connectivity index (χ4v) is 2.04. The predicted octanol–water partition coefficient (Wildman–Crippen LogP) is 2.18. The van der Waals surface area contributed by atoms with Crippen LogP contribution in [0, 0.1) is 0 Å². The van der Waals surface area contributed by atoms with Crippen molar-refractivity contribution in [2.75, 3.05) is 0 Å². The van der Waals surface area contributed by atoms with Gasteiger partial charge in [-0.1, -0.05) is 29.4 Å². The predicted molar refractivity (Wildman–Crippen MR) is 74.7 cm³/mol. The summed E-state index contributed by atoms with van der Waals surface area (Å²) in [5, 5.41) is 3.99. The van der Waals surface area contributed by atoms with Crippen LogP contribution in [0.4, 0.5) is 0 Å². The van der Waals surface area contributed by atoms with Gasteiger partial charge in [0.25, 0.3) is 0 Å². The van der Waals surface area contributed by atoms with Gasteiger partial charge in [-0.25, -0.2) is 0 Å². The van der Waals surface area contributed by atoms with E-state index in [4.69, 9.17) is 10.3 Å². The van der Waals surface area contributed by atoms with Gasteiger partial charge in [0.2, 0.25) is 11.7 Å². The van der Waals surface area contributed by atoms with E-state index in [1.54, 1.807) is 12.4 Å². The first kappa shape index (κ1) is 12.5. The molecule has 0 bridgehead atoms. The van der Waals surface area contributed by atoms with Crippen LogP contribution in [0.3, 0.4) is 0 Å². The van der Waals surface area contributed by atoms with Crippen LogP contribution in [0.1, 0.15) is 17.0 Å². The van der Waals surface area contributed by atoms with Gasteiger partial charge in [-0.2, -0.15) is 4.98 Å². The number of hydrogen-bond acceptors (Lipinski definition) is 5. The molecule has 3 aromatic rings. The molecule has 0 amide bonds. The van der Waals surface area contributed by atoms with E-state index in [1.807, 2.05) is 36.4 Å². The minimum absolute atomic E-state index is 0.502. The normalized spacial score (nSPS) is 10.7. The molecule has 3 rings (SSSR count). The molecule has 0 saturated carbocycles. The molecule has 0 saturated heterocycles. The summed E-state index contributed by atoms with van der Waals surface area (Å²) in [7, 11) is 0. The molecule has 0 aliphatic heterocycles. The molecule has 2 heterocycles. The summed E-state index contributed by atoms with van der Waals surface area (Å²) >= 11 is 0. The molecule has 5 nitrogen and oxygen atoms in total. The molecule has 2 aromatic heterocycles. The number of nitrogens with zero attached hydrogens (tertiary/aromatic N) is 3. The molecule has 0 fully saturated rings. The van der Waals surface area contributed by atoms with Crippen molar-refractivity contribution in [1.29, 1.82) is 0 Å². The number of aromatic nitrogens is 3. The van der Waals surface area contributed by atoms with Gasteiger partial charge in [0.1, 0.15) is 0 Å². The Labute approximate surface area is 116 Å². The topological polar surface area (TPSA) is 77.8 Å². The van der Waals surface area contributed by atoms with E-state index in [0.717, 1.165) is 16.7 Å². The van der Waals surface area contributed by atoms with E-state index in [9.17, 15) is 0 Å². The zero-order valence-electron chi connectivity index (χ0n) is 10.9. The molecule has 1 aromatic carbocycles. The van der Waals surface area contributed by atoms with Crippen LogP contribution in [0.2, 0.25) is 0 Å². The Hall–Kier alpha value is -2.53. The SMILES string of the molecule is NCc1ccccc1Cc1nc(-c2ccncc2)no1. The van der Waals surface area contributed by atoms with Gasteiger partial charge in [-0.05, 0) is 23.3 Å². The second kappa shape index (κ2) is 5.63. The molecule has 0 aliphatic carbocycles. The highest BCUT2D eigenvalue weighted by atomic mass is 16.5. The lowest BCUT2D eigenvalue weighted by molar-refractivity contribution is 0.385. The lowest BCUT2D eigenvalue weighted by Gasteiger charge is -2.03. The molecule has 0 radical (unpaired) electrons. The third-order valence-corrected chi connectivity index (χ3v) is 3.09. The summed E-state index contributed by atoms with van der Waals surface area (Å²) in [6.45, 7) is 0.502. The molecule has 2 N–H and O–H groups in total. The van der Waals surface area contributed by atoms with Crippen LogP contribution in [0.25, 0.3) is 11.4 Å². The van der Waals surface area contributed by atoms with Crippen molar-refractivity contribution < 1.29 is 4.52 Å². The number of hydrogen-bond donors (Lipinski definition) is 1. The highest BCUT2D eigenvalue weighted by Gasteiger charge is 2.10. The van der Waals surface area contributed by atoms with E-state index in [-0.39, 0.29) is 0 Å². The molecule has 0 unspecified atom stereocenters. The Morgan fingerprint density at radius 2 is 1.75 bits per heavy atom. The third-order valence-electron chi connectivity index (χ3n) is 3.09. The minimum Gasteiger partial charge on any atom is -0.339 e. The third kappa shape index (κ3) is 2.57. The van der Waals surface area contributed by atoms with Crippen molar-refractivity contribution in [2.45, 2.75) is 13.0 Å². The van der Waals surface area contributed by atoms with Gasteiger partial charge in [0, 0.05) is 24.5 Å². The first-order chi connectivity index (χ1) is 9.86. The average molecular weight is 266 g/mol. The van der Waals surface area contributed by atoms with Crippen molar-refractivity contribution in [1.82, 2.24) is 15.1 Å². The van der Waals surface area contributed by atoms with Crippen LogP contribution in [0.15, 0.2) is 53.3 Å². The molecule has 0 aliphatic rings. The van der Waals surface area contributed by atoms with Crippen molar-refractivity contribution in [3.8, 4) is 11.4 Å². The first-order valence-electron chi connectivity index (χ1n) is 6.36. The number of benzene rings is 1. The molecule has 0 spiro atoms. The van der Waals surface area contributed by atoms with Gasteiger partial charge < -0.3 is 10.3 Å². The Kier molecular flexibility index (Phi) is 3.52. The van der Waals surface area contributed by atoms with Gasteiger partial charge in [-0.15, -0.1) is 0 Å². The highest BCUT2D eigenvalue weighted by molar-refractivity contribution is 5.52. The average Bonchev–Trinajstić information content (AvgIpc) is 2.97. The molecule has 20 heavy (non-hydrogen) atoms. The van der Waals surface area contributed by atoms with Gasteiger partial charge in [0.05, 0.1) is 6.42 Å². The van der Waals surface area contributed by atoms with Gasteiger partial charge >= 0.3 is 0 Å². The van der Waals surface area contributed by atoms with Gasteiger partial charge in [-0.3, -0.25) is 4.98 Å². The molecule has 100 valence electrons. The highest BCUT2D eigenvalue weighted by Crippen LogP contribution is 2.17. The Morgan fingerprint density at radius 3 is 2.50 bits per heavy atom. The molecular formula is C15H14N4O. The molecular weight excluding hydrogens is 252 g/mol. The maximum atomic E-state index is 5.73. The van der Waals surface area contributed by atoms with E-state index in [2.05, 4.69) is 15.1 Å². The second-order valence-electron chi connectivity index (χ2n) is 4.40. The van der Waals surface area contributed by atoms with E-state index in [0.29, 0.717) is 24.7 Å². The largest absolute Gasteiger partial charge is 0.339 e. The Morgan fingerprint density at radius 1 is 1.00 bits per heavy atom. The maximum absolute atomic E-state index is 5.73. The summed E-state index contributed by atoms with van der Waals surface area (Å²) in [5.74, 6) is 1.16. The van der Waals surface area contributed by atoms with Crippen molar-refractivity contribution in [3.63, 3.8) is 0 Å². The lowest BCUT2D eigenvalue weighted by atomic mass is 10.0. The molecule has 5 heteroatoms. The zero-order valence-corrected chi connectivity index (χ0v) is 10.9. The van der Waals surface area contributed by atoms with Crippen LogP contribution in [0.5, 0.6) is 0 Å². The van der Waals surface area contributed by atoms with E-state index >= 15 is 0 Å². The summed E-state index contributed by atoms with van der Waals surface area (Å²) in [4.78, 5) is 8.37. The van der Waals surface area contributed by atoms with Crippen LogP contribution >= 0.6 is 0 Å². The standard InChI is InChI=1S/C15H14N4O/c16-10-13-4-2-1-3-12(13)9-14-18-15(19-20-14)11-5-7-17-8-6-11/h1-8H,9-10,16H2. The fraction of sp³-hybridized carbons (Fsp3) is 0.133. The lowest BCUT2D eigenvalue weighted by Crippen LogP contribution is -2.02. The number of pyridine rings is 1. The van der Waals surface area contributed by atoms with Gasteiger partial charge in [0.15, 0.2) is 0 Å². The van der Waals surface area contributed by atoms with E-state index in [1.165, 1.54) is 0 Å². The smallest absolute Gasteiger partial charge is 0.231 e. The summed E-state index contributed by atoms with van der Waals surface area (Å²) < 4.78 is 5.30. The first-order valence-corrected chi connectivity index (χ1v) is 6.36. The van der Waals surface area contributed by atoms with Crippen molar-refractivity contribution >= 4 is 0 Å². The Balaban J connectivity index is 1.84. The minimum atomic E-state index is 0.502. The summed E-state index contributed by atoms with van der Waals surface area (Å²) in [6.07, 6.45) is 4.00. The fourth-order valence-electron chi connectivity index (χ4n) is 2.04. The van der Waals surface area contributed by atoms with Crippen LogP contribution < -0.4 is 5.73 Å². The summed E-state index contributed by atoms with van der Waals surface area (Å²) in [5.41, 5.74) is 8.82. The van der Waals surface area contributed by atoms with E-state index < -0.39 is 0 Å². The monoisotopic (exact) mass is 266 g/mol. The summed E-state index contributed by atoms with van der Waals surface area (Å²) in [6, 6.07) is 11.7. The number of nitrogens with two attached hydrogens (primary N) is 1. The van der Waals surface area contributed by atoms with Crippen LogP contribution in [-0.2, 0) is 13.0 Å². The quantitative estimate of drug-likeness (QED) is 0.783. The van der Waals surface area contributed by atoms with Crippen molar-refractivity contribution in [2.24, 2.45) is 5.73 Å². The maximum Gasteiger partial charge on any atom is 0.231 e.